The molecular weight excluding hydrogens is 952 g/mol. The molecule has 0 atom stereocenters. The zero-order chi connectivity index (χ0) is 52.7. The van der Waals surface area contributed by atoms with E-state index in [9.17, 15) is 28.8 Å². The molecule has 2 saturated carbocycles. The number of rotatable bonds is 15. The van der Waals surface area contributed by atoms with Crippen molar-refractivity contribution in [1.29, 1.82) is 0 Å². The van der Waals surface area contributed by atoms with Crippen molar-refractivity contribution in [2.45, 2.75) is 142 Å². The van der Waals surface area contributed by atoms with Crippen LogP contribution in [-0.2, 0) is 38.6 Å². The van der Waals surface area contributed by atoms with Gasteiger partial charge in [-0.05, 0) is 127 Å². The molecule has 2 saturated heterocycles. The number of anilines is 4. The van der Waals surface area contributed by atoms with E-state index >= 15 is 0 Å². The quantitative estimate of drug-likeness (QED) is 0.0992. The Kier molecular flexibility index (Phi) is 16.6. The fourth-order valence-corrected chi connectivity index (χ4v) is 11.3. The van der Waals surface area contributed by atoms with E-state index in [4.69, 9.17) is 16.3 Å². The summed E-state index contributed by atoms with van der Waals surface area (Å²) in [4.78, 5) is 86.8. The van der Waals surface area contributed by atoms with Crippen LogP contribution in [0.4, 0.5) is 32.3 Å². The molecule has 5 aromatic rings. The lowest BCUT2D eigenvalue weighted by Gasteiger charge is -2.38. The van der Waals surface area contributed by atoms with Gasteiger partial charge in [0.2, 0.25) is 11.8 Å². The highest BCUT2D eigenvalue weighted by molar-refractivity contribution is 6.30. The van der Waals surface area contributed by atoms with E-state index in [1.165, 1.54) is 0 Å². The second-order valence-corrected chi connectivity index (χ2v) is 20.9. The number of para-hydroxylation sites is 2. The van der Waals surface area contributed by atoms with Crippen LogP contribution in [0.1, 0.15) is 139 Å². The number of carbonyl (C=O) groups is 6. The van der Waals surface area contributed by atoms with Crippen molar-refractivity contribution in [3.05, 3.63) is 148 Å². The highest BCUT2D eigenvalue weighted by Gasteiger charge is 2.60. The first-order valence-electron chi connectivity index (χ1n) is 26.3. The predicted molar refractivity (Wildman–Crippen MR) is 292 cm³/mol. The average Bonchev–Trinajstić information content (AvgIpc) is 4.04. The van der Waals surface area contributed by atoms with Crippen molar-refractivity contribution >= 4 is 70.0 Å². The Morgan fingerprint density at radius 2 is 0.986 bits per heavy atom. The molecule has 2 spiro atoms. The van der Waals surface area contributed by atoms with Gasteiger partial charge < -0.3 is 15.4 Å². The molecule has 0 radical (unpaired) electrons. The number of amides is 8. The zero-order valence-electron chi connectivity index (χ0n) is 43.5. The van der Waals surface area contributed by atoms with Gasteiger partial charge in [0.25, 0.3) is 11.8 Å². The molecule has 2 N–H and O–H groups in total. The molecule has 2 aliphatic heterocycles. The van der Waals surface area contributed by atoms with Crippen LogP contribution in [0.5, 0.6) is 5.75 Å². The number of halogens is 1. The molecule has 8 amide bonds. The number of carbonyl (C=O) groups excluding carboxylic acids is 6. The van der Waals surface area contributed by atoms with Gasteiger partial charge in [-0.1, -0.05) is 152 Å². The van der Waals surface area contributed by atoms with Gasteiger partial charge in [0.15, 0.2) is 0 Å². The molecule has 14 heteroatoms. The molecule has 0 bridgehead atoms. The van der Waals surface area contributed by atoms with Crippen LogP contribution in [0.25, 0.3) is 0 Å². The fraction of sp³-hybridized carbons (Fsp3) is 0.400. The largest absolute Gasteiger partial charge is 0.489 e. The fourth-order valence-electron chi connectivity index (χ4n) is 11.2. The smallest absolute Gasteiger partial charge is 0.332 e. The number of hydrogen-bond donors (Lipinski definition) is 2. The molecule has 74 heavy (non-hydrogen) atoms. The molecular formula is C60H69ClN6O7. The molecule has 4 fully saturated rings. The molecule has 2 aliphatic carbocycles. The maximum atomic E-state index is 14.0. The summed E-state index contributed by atoms with van der Waals surface area (Å²) in [5.41, 5.74) is 6.14. The normalized spacial score (nSPS) is 16.9. The van der Waals surface area contributed by atoms with E-state index in [-0.39, 0.29) is 48.6 Å². The number of hydrogen-bond acceptors (Lipinski definition) is 7. The third-order valence-electron chi connectivity index (χ3n) is 15.0. The first-order chi connectivity index (χ1) is 35.6. The first kappa shape index (κ1) is 53.3. The first-order valence-corrected chi connectivity index (χ1v) is 26.7. The van der Waals surface area contributed by atoms with Gasteiger partial charge in [-0.25, -0.2) is 9.59 Å². The molecule has 0 unspecified atom stereocenters. The van der Waals surface area contributed by atoms with Crippen molar-refractivity contribution in [3.63, 3.8) is 0 Å². The van der Waals surface area contributed by atoms with Gasteiger partial charge in [0.05, 0.1) is 0 Å². The summed E-state index contributed by atoms with van der Waals surface area (Å²) in [5, 5.41) is 6.60. The van der Waals surface area contributed by atoms with Crippen LogP contribution in [0, 0.1) is 0 Å². The number of nitrogens with one attached hydrogen (secondary N) is 2. The molecule has 9 rings (SSSR count). The van der Waals surface area contributed by atoms with Crippen molar-refractivity contribution < 1.29 is 33.5 Å². The van der Waals surface area contributed by atoms with Gasteiger partial charge in [0, 0.05) is 27.8 Å². The Hall–Kier alpha value is -6.99. The predicted octanol–water partition coefficient (Wildman–Crippen LogP) is 12.8. The maximum absolute atomic E-state index is 14.0. The van der Waals surface area contributed by atoms with Crippen molar-refractivity contribution in [2.75, 3.05) is 33.5 Å². The third-order valence-corrected chi connectivity index (χ3v) is 15.3. The summed E-state index contributed by atoms with van der Waals surface area (Å²) in [6.45, 7) is 12.2. The number of urea groups is 2. The van der Waals surface area contributed by atoms with Gasteiger partial charge in [-0.3, -0.25) is 38.8 Å². The van der Waals surface area contributed by atoms with E-state index in [1.807, 2.05) is 105 Å². The topological polar surface area (TPSA) is 149 Å². The van der Waals surface area contributed by atoms with Crippen LogP contribution >= 0.6 is 11.6 Å². The summed E-state index contributed by atoms with van der Waals surface area (Å²) in [6.07, 6.45) is 8.37. The highest BCUT2D eigenvalue weighted by atomic mass is 35.5. The lowest BCUT2D eigenvalue weighted by molar-refractivity contribution is -0.134. The number of aryl methyl sites for hydroxylation is 2. The number of benzene rings is 5. The Balaban J connectivity index is 0.000000204. The zero-order valence-corrected chi connectivity index (χ0v) is 44.3. The maximum Gasteiger partial charge on any atom is 0.332 e. The Morgan fingerprint density at radius 1 is 0.554 bits per heavy atom. The van der Waals surface area contributed by atoms with Gasteiger partial charge in [-0.15, -0.1) is 0 Å². The van der Waals surface area contributed by atoms with Crippen LogP contribution in [0.2, 0.25) is 5.02 Å². The Bertz CT molecular complexity index is 2810. The van der Waals surface area contributed by atoms with Crippen LogP contribution in [0.3, 0.4) is 0 Å². The summed E-state index contributed by atoms with van der Waals surface area (Å²) in [7, 11) is 0. The minimum atomic E-state index is -0.971. The lowest BCUT2D eigenvalue weighted by Crippen LogP contribution is -2.51. The molecule has 5 aromatic carbocycles. The Labute approximate surface area is 440 Å². The summed E-state index contributed by atoms with van der Waals surface area (Å²) in [5.74, 6) is -0.223. The van der Waals surface area contributed by atoms with Crippen LogP contribution in [-0.4, -0.2) is 69.7 Å². The minimum absolute atomic E-state index is 0.203. The SMILES string of the molecule is CC(C)c1cccc(C(C)C)c1NC(=O)CN1C(=O)N(c2ccc(OCc3ccccc3)cc2)C2(CCCCC2)C1=O.CCc1cccc(CC)c1NC(=O)CN1C(=O)N(c2ccc(Cl)cc2)C2(CCCC2)C1=O. The number of imide groups is 2. The highest BCUT2D eigenvalue weighted by Crippen LogP contribution is 2.46. The molecule has 0 aromatic heterocycles. The molecule has 4 aliphatic rings. The Morgan fingerprint density at radius 3 is 1.45 bits per heavy atom. The van der Waals surface area contributed by atoms with Gasteiger partial charge in [0.1, 0.15) is 36.5 Å². The van der Waals surface area contributed by atoms with Gasteiger partial charge in [-0.2, -0.15) is 0 Å². The van der Waals surface area contributed by atoms with Crippen LogP contribution < -0.4 is 25.2 Å². The van der Waals surface area contributed by atoms with Gasteiger partial charge >= 0.3 is 12.1 Å². The molecule has 388 valence electrons. The number of nitrogens with zero attached hydrogens (tertiary/aromatic N) is 4. The van der Waals surface area contributed by atoms with Crippen molar-refractivity contribution in [3.8, 4) is 5.75 Å². The van der Waals surface area contributed by atoms with E-state index in [1.54, 1.807) is 34.1 Å². The molecule has 13 nitrogen and oxygen atoms in total. The second-order valence-electron chi connectivity index (χ2n) is 20.5. The molecule has 2 heterocycles. The lowest BCUT2D eigenvalue weighted by atomic mass is 9.80. The van der Waals surface area contributed by atoms with E-state index in [0.29, 0.717) is 54.4 Å². The van der Waals surface area contributed by atoms with E-state index < -0.39 is 23.1 Å². The summed E-state index contributed by atoms with van der Waals surface area (Å²) in [6, 6.07) is 35.3. The van der Waals surface area contributed by atoms with Crippen LogP contribution in [0.15, 0.2) is 115 Å². The standard InChI is InChI=1S/C35H41N3O4.C25H28ClN3O3/c1-24(2)29-14-11-15-30(25(3)4)32(29)36-31(39)22-37-33(40)35(20-9-6-10-21-35)38(34(37)41)27-16-18-28(19-17-27)42-23-26-12-7-5-8-13-26;1-3-17-8-7-9-18(4-2)22(17)27-21(30)16-28-23(31)25(14-5-6-15-25)29(24(28)32)20-12-10-19(26)11-13-20/h5,7-8,11-19,24-25H,6,9-10,20-23H2,1-4H3,(H,36,39);7-13H,3-6,14-16H2,1-2H3,(H,27,30). The minimum Gasteiger partial charge on any atom is -0.489 e. The number of ether oxygens (including phenoxy) is 1. The second kappa shape index (κ2) is 23.1. The van der Waals surface area contributed by atoms with Crippen molar-refractivity contribution in [1.82, 2.24) is 9.80 Å². The third kappa shape index (κ3) is 10.8. The average molecular weight is 1020 g/mol. The van der Waals surface area contributed by atoms with Crippen molar-refractivity contribution in [2.24, 2.45) is 0 Å². The monoisotopic (exact) mass is 1020 g/mol. The summed E-state index contributed by atoms with van der Waals surface area (Å²) >= 11 is 6.02. The van der Waals surface area contributed by atoms with E-state index in [2.05, 4.69) is 38.3 Å². The van der Waals surface area contributed by atoms with E-state index in [0.717, 1.165) is 93.9 Å². The summed E-state index contributed by atoms with van der Waals surface area (Å²) < 4.78 is 5.94.